The molecule has 0 unspecified atom stereocenters. The van der Waals surface area contributed by atoms with Crippen LogP contribution in [0.1, 0.15) is 0 Å². The van der Waals surface area contributed by atoms with Gasteiger partial charge in [-0.25, -0.2) is 0 Å². The molecule has 0 rings (SSSR count). The van der Waals surface area contributed by atoms with E-state index < -0.39 is 0 Å². The average molecular weight is 154 g/mol. The second-order valence-corrected chi connectivity index (χ2v) is 0.0913. The maximum atomic E-state index is 8.24. The van der Waals surface area contributed by atoms with Gasteiger partial charge in [0.15, 0.2) is 0 Å². The van der Waals surface area contributed by atoms with Gasteiger partial charge >= 0.3 is 0 Å². The first-order valence-electron chi connectivity index (χ1n) is 0.428. The van der Waals surface area contributed by atoms with Gasteiger partial charge in [0.25, 0.3) is 0 Å². The summed E-state index contributed by atoms with van der Waals surface area (Å²) in [6.45, 7) is 0. The van der Waals surface area contributed by atoms with Crippen LogP contribution >= 0.6 is 0 Å². The summed E-state index contributed by atoms with van der Waals surface area (Å²) in [5.41, 5.74) is 0. The summed E-state index contributed by atoms with van der Waals surface area (Å²) in [5, 5.41) is 6.76. The Labute approximate surface area is 43.9 Å². The molecule has 0 fully saturated rings. The second kappa shape index (κ2) is 10.3. The Morgan fingerprint density at radius 1 is 1.75 bits per heavy atom. The minimum Gasteiger partial charge on any atom is -0.724 e. The Morgan fingerprint density at radius 2 is 1.75 bits per heavy atom. The monoisotopic (exact) mass is 156 g/mol. The molecule has 0 aromatic rings. The minimum absolute atomic E-state index is 0. The van der Waals surface area contributed by atoms with Gasteiger partial charge in [-0.1, -0.05) is 0 Å². The molecule has 0 spiro atoms. The molecule has 0 aliphatic heterocycles. The van der Waals surface area contributed by atoms with Gasteiger partial charge in [-0.2, -0.15) is 0 Å². The van der Waals surface area contributed by atoms with Crippen LogP contribution in [0.3, 0.4) is 0 Å². The molecule has 0 aromatic heterocycles. The molecule has 0 radical (unpaired) electrons. The number of hydrogen-bond donors (Lipinski definition) is 0. The SMILES string of the molecule is [Cd].[N-]=C=O. The van der Waals surface area contributed by atoms with E-state index >= 15 is 0 Å². The molecule has 2 nitrogen and oxygen atoms in total. The summed E-state index contributed by atoms with van der Waals surface area (Å²) in [6.07, 6.45) is 0.500. The van der Waals surface area contributed by atoms with E-state index in [0.717, 1.165) is 0 Å². The number of hydrogen-bond acceptors (Lipinski definition) is 1. The molecule has 0 aliphatic carbocycles. The Bertz CT molecular complexity index is 29.0. The summed E-state index contributed by atoms with van der Waals surface area (Å²) < 4.78 is 0. The smallest absolute Gasteiger partial charge is 0 e. The second-order valence-electron chi connectivity index (χ2n) is 0.0913. The molecule has 0 bridgehead atoms. The van der Waals surface area contributed by atoms with Crippen molar-refractivity contribution in [1.82, 2.24) is 0 Å². The van der Waals surface area contributed by atoms with Crippen molar-refractivity contribution in [3.63, 3.8) is 0 Å². The average Bonchev–Trinajstić information content (AvgIpc) is 0.918. The summed E-state index contributed by atoms with van der Waals surface area (Å²) in [6, 6.07) is 0. The van der Waals surface area contributed by atoms with Crippen molar-refractivity contribution < 1.29 is 32.1 Å². The van der Waals surface area contributed by atoms with Crippen LogP contribution < -0.4 is 0 Å². The molecule has 4 heavy (non-hydrogen) atoms. The first kappa shape index (κ1) is 8.85. The predicted molar refractivity (Wildman–Crippen MR) is 9.05 cm³/mol. The van der Waals surface area contributed by atoms with Crippen molar-refractivity contribution in [2.24, 2.45) is 0 Å². The Morgan fingerprint density at radius 3 is 1.75 bits per heavy atom. The molecule has 3 heteroatoms. The van der Waals surface area contributed by atoms with Gasteiger partial charge in [-0.05, 0) is 6.08 Å². The molecule has 0 aromatic carbocycles. The van der Waals surface area contributed by atoms with Crippen LogP contribution in [0.25, 0.3) is 5.41 Å². The van der Waals surface area contributed by atoms with Gasteiger partial charge < -0.3 is 5.41 Å². The summed E-state index contributed by atoms with van der Waals surface area (Å²) in [7, 11) is 0. The van der Waals surface area contributed by atoms with Crippen LogP contribution in [-0.2, 0) is 32.1 Å². The number of isocyanates is 1. The van der Waals surface area contributed by atoms with E-state index in [2.05, 4.69) is 0 Å². The minimum atomic E-state index is 0. The van der Waals surface area contributed by atoms with Crippen LogP contribution in [0.5, 0.6) is 0 Å². The van der Waals surface area contributed by atoms with E-state index in [1.807, 2.05) is 0 Å². The van der Waals surface area contributed by atoms with Gasteiger partial charge in [0, 0.05) is 27.3 Å². The molecule has 0 aliphatic rings. The number of carbonyl (C=O) groups excluding carboxylic acids is 1. The van der Waals surface area contributed by atoms with Crippen molar-refractivity contribution in [2.75, 3.05) is 0 Å². The Kier molecular flexibility index (Phi) is 22.8. The van der Waals surface area contributed by atoms with Gasteiger partial charge in [0.2, 0.25) is 0 Å². The fraction of sp³-hybridized carbons (Fsp3) is 0. The van der Waals surface area contributed by atoms with E-state index in [9.17, 15) is 0 Å². The van der Waals surface area contributed by atoms with Crippen LogP contribution in [0.4, 0.5) is 0 Å². The molecule has 0 saturated heterocycles. The maximum Gasteiger partial charge on any atom is 0 e. The molecule has 0 atom stereocenters. The summed E-state index contributed by atoms with van der Waals surface area (Å²) in [4.78, 5) is 8.24. The zero-order valence-corrected chi connectivity index (χ0v) is 6.10. The van der Waals surface area contributed by atoms with Crippen molar-refractivity contribution in [2.45, 2.75) is 0 Å². The van der Waals surface area contributed by atoms with Gasteiger partial charge in [0.05, 0.1) is 0 Å². The largest absolute Gasteiger partial charge is 0.724 e. The standard InChI is InChI=1S/CNO.Cd/c2-1-3;/q-1;. The molecule has 18 valence electrons. The number of nitrogens with zero attached hydrogens (tertiary/aromatic N) is 1. The van der Waals surface area contributed by atoms with Crippen molar-refractivity contribution in [3.8, 4) is 0 Å². The van der Waals surface area contributed by atoms with E-state index in [4.69, 9.17) is 10.2 Å². The van der Waals surface area contributed by atoms with Crippen LogP contribution in [0, 0.1) is 0 Å². The zero-order valence-electron chi connectivity index (χ0n) is 2.06. The normalized spacial score (nSPS) is 2.00. The topological polar surface area (TPSA) is 39.4 Å². The van der Waals surface area contributed by atoms with E-state index in [-0.39, 0.29) is 27.3 Å². The fourth-order valence-electron chi connectivity index (χ4n) is 0. The third kappa shape index (κ3) is 42.8. The van der Waals surface area contributed by atoms with Crippen molar-refractivity contribution in [3.05, 3.63) is 5.41 Å². The van der Waals surface area contributed by atoms with Gasteiger partial charge in [0.1, 0.15) is 0 Å². The first-order valence-corrected chi connectivity index (χ1v) is 0.428. The molecule has 0 heterocycles. The predicted octanol–water partition coefficient (Wildman–Crippen LogP) is -0.111. The van der Waals surface area contributed by atoms with E-state index in [1.54, 1.807) is 0 Å². The summed E-state index contributed by atoms with van der Waals surface area (Å²) in [5.74, 6) is 0. The number of rotatable bonds is 0. The molecule has 0 saturated carbocycles. The third-order valence-electron chi connectivity index (χ3n) is 0. The molecular formula is CCdNO-. The quantitative estimate of drug-likeness (QED) is 0.273. The van der Waals surface area contributed by atoms with Crippen LogP contribution in [0.2, 0.25) is 0 Å². The van der Waals surface area contributed by atoms with E-state index in [1.165, 1.54) is 0 Å². The Hall–Kier alpha value is 0.302. The van der Waals surface area contributed by atoms with Gasteiger partial charge in [-0.3, -0.25) is 4.79 Å². The van der Waals surface area contributed by atoms with Crippen LogP contribution in [0.15, 0.2) is 0 Å². The van der Waals surface area contributed by atoms with Crippen LogP contribution in [-0.4, -0.2) is 6.08 Å². The molecule has 0 amide bonds. The Balaban J connectivity index is 0. The van der Waals surface area contributed by atoms with Crippen molar-refractivity contribution >= 4 is 6.08 Å². The zero-order chi connectivity index (χ0) is 2.71. The molecular weight excluding hydrogens is 154 g/mol. The molecule has 0 N–H and O–H groups in total. The van der Waals surface area contributed by atoms with Gasteiger partial charge in [-0.15, -0.1) is 0 Å². The fourth-order valence-corrected chi connectivity index (χ4v) is 0. The summed E-state index contributed by atoms with van der Waals surface area (Å²) >= 11 is 0. The third-order valence-corrected chi connectivity index (χ3v) is 0. The van der Waals surface area contributed by atoms with E-state index in [0.29, 0.717) is 6.08 Å². The van der Waals surface area contributed by atoms with Crippen molar-refractivity contribution in [1.29, 1.82) is 0 Å². The first-order chi connectivity index (χ1) is 1.41. The maximum absolute atomic E-state index is 8.24.